The zero-order valence-electron chi connectivity index (χ0n) is 14.0. The summed E-state index contributed by atoms with van der Waals surface area (Å²) < 4.78 is 54.1. The van der Waals surface area contributed by atoms with E-state index in [0.717, 1.165) is 17.5 Å². The largest absolute Gasteiger partial charge is 0.480 e. The Bertz CT molecular complexity index is 1270. The molecule has 0 aliphatic carbocycles. The molecule has 2 heterocycles. The lowest BCUT2D eigenvalue weighted by Gasteiger charge is -2.07. The number of benzene rings is 2. The second-order valence-corrected chi connectivity index (χ2v) is 8.08. The van der Waals surface area contributed by atoms with Gasteiger partial charge in [0.05, 0.1) is 4.90 Å². The fourth-order valence-electron chi connectivity index (χ4n) is 3.57. The minimum atomic E-state index is -3.78. The number of hydrogen-bond acceptors (Lipinski definition) is 3. The predicted octanol–water partition coefficient (Wildman–Crippen LogP) is 3.49. The van der Waals surface area contributed by atoms with Crippen molar-refractivity contribution in [1.82, 2.24) is 4.57 Å². The number of aromatic nitrogens is 1. The number of fused-ring (bicyclic) bond motifs is 2. The summed E-state index contributed by atoms with van der Waals surface area (Å²) in [6.45, 7) is 1.25. The van der Waals surface area contributed by atoms with Gasteiger partial charge in [-0.15, -0.1) is 0 Å². The van der Waals surface area contributed by atoms with Crippen LogP contribution < -0.4 is 0 Å². The van der Waals surface area contributed by atoms with Gasteiger partial charge >= 0.3 is 5.97 Å². The molecule has 0 fully saturated rings. The molecule has 0 radical (unpaired) electrons. The minimum absolute atomic E-state index is 0.0335. The van der Waals surface area contributed by atoms with Crippen LogP contribution in [-0.4, -0.2) is 24.1 Å². The predicted molar refractivity (Wildman–Crippen MR) is 94.9 cm³/mol. The van der Waals surface area contributed by atoms with Crippen molar-refractivity contribution in [3.05, 3.63) is 70.3 Å². The van der Waals surface area contributed by atoms with E-state index in [9.17, 15) is 27.1 Å². The van der Waals surface area contributed by atoms with Crippen molar-refractivity contribution in [2.24, 2.45) is 0 Å². The molecule has 138 valence electrons. The van der Waals surface area contributed by atoms with Crippen LogP contribution in [0.2, 0.25) is 0 Å². The molecule has 0 bridgehead atoms. The maximum Gasteiger partial charge on any atom is 0.323 e. The maximum absolute atomic E-state index is 13.9. The maximum atomic E-state index is 13.9. The Balaban J connectivity index is 2.09. The molecule has 0 saturated heterocycles. The molecule has 0 saturated carbocycles. The van der Waals surface area contributed by atoms with Crippen LogP contribution in [0.25, 0.3) is 16.5 Å². The highest BCUT2D eigenvalue weighted by Crippen LogP contribution is 2.42. The third kappa shape index (κ3) is 2.64. The van der Waals surface area contributed by atoms with Gasteiger partial charge in [-0.2, -0.15) is 0 Å². The normalized spacial score (nSPS) is 15.0. The third-order valence-corrected chi connectivity index (χ3v) is 6.17. The van der Waals surface area contributed by atoms with Gasteiger partial charge in [0.25, 0.3) is 0 Å². The van der Waals surface area contributed by atoms with Crippen molar-refractivity contribution in [2.75, 3.05) is 0 Å². The standard InChI is InChI=1S/C19H13F2NO4S/c1-10-19(14-7-11(20)2-4-16(14)22(10)8-18(23)24)15-9-27(25,26)17-5-3-12(21)6-13(15)17/h2-7,9H,8H2,1H3,(H,23,24). The molecule has 0 atom stereocenters. The van der Waals surface area contributed by atoms with E-state index in [1.54, 1.807) is 6.92 Å². The summed E-state index contributed by atoms with van der Waals surface area (Å²) in [5, 5.41) is 10.6. The van der Waals surface area contributed by atoms with Crippen LogP contribution in [0, 0.1) is 18.6 Å². The summed E-state index contributed by atoms with van der Waals surface area (Å²) in [6, 6.07) is 7.24. The van der Waals surface area contributed by atoms with Gasteiger partial charge in [-0.25, -0.2) is 17.2 Å². The number of carbonyl (C=O) groups is 1. The van der Waals surface area contributed by atoms with E-state index in [1.165, 1.54) is 28.8 Å². The van der Waals surface area contributed by atoms with Crippen molar-refractivity contribution >= 4 is 32.3 Å². The molecule has 8 heteroatoms. The summed E-state index contributed by atoms with van der Waals surface area (Å²) in [6.07, 6.45) is 0. The smallest absolute Gasteiger partial charge is 0.323 e. The Labute approximate surface area is 153 Å². The van der Waals surface area contributed by atoms with E-state index >= 15 is 0 Å². The molecule has 3 aromatic rings. The molecule has 1 aromatic heterocycles. The number of carboxylic acid groups (broad SMARTS) is 1. The number of rotatable bonds is 3. The quantitative estimate of drug-likeness (QED) is 0.696. The van der Waals surface area contributed by atoms with E-state index in [-0.39, 0.29) is 22.6 Å². The van der Waals surface area contributed by atoms with Gasteiger partial charge in [0.2, 0.25) is 9.84 Å². The molecular formula is C19H13F2NO4S. The Kier molecular flexibility index (Phi) is 3.71. The molecule has 0 spiro atoms. The van der Waals surface area contributed by atoms with Crippen LogP contribution in [0.5, 0.6) is 0 Å². The van der Waals surface area contributed by atoms with Gasteiger partial charge in [-0.1, -0.05) is 0 Å². The number of nitrogens with zero attached hydrogens (tertiary/aromatic N) is 1. The lowest BCUT2D eigenvalue weighted by molar-refractivity contribution is -0.137. The first-order chi connectivity index (χ1) is 12.7. The molecule has 5 nitrogen and oxygen atoms in total. The van der Waals surface area contributed by atoms with E-state index in [2.05, 4.69) is 0 Å². The van der Waals surface area contributed by atoms with Crippen LogP contribution in [0.4, 0.5) is 8.78 Å². The van der Waals surface area contributed by atoms with Crippen molar-refractivity contribution in [2.45, 2.75) is 18.4 Å². The van der Waals surface area contributed by atoms with Crippen molar-refractivity contribution < 1.29 is 27.1 Å². The van der Waals surface area contributed by atoms with Crippen LogP contribution >= 0.6 is 0 Å². The van der Waals surface area contributed by atoms with Crippen molar-refractivity contribution in [3.8, 4) is 0 Å². The SMILES string of the molecule is Cc1c(C2=CS(=O)(=O)c3ccc(F)cc32)c2cc(F)ccc2n1CC(=O)O. The molecule has 2 aromatic carbocycles. The lowest BCUT2D eigenvalue weighted by Crippen LogP contribution is -2.10. The monoisotopic (exact) mass is 389 g/mol. The van der Waals surface area contributed by atoms with Gasteiger partial charge in [0.1, 0.15) is 18.2 Å². The van der Waals surface area contributed by atoms with Crippen molar-refractivity contribution in [3.63, 3.8) is 0 Å². The summed E-state index contributed by atoms with van der Waals surface area (Å²) >= 11 is 0. The Hall–Kier alpha value is -3.00. The minimum Gasteiger partial charge on any atom is -0.480 e. The zero-order chi connectivity index (χ0) is 19.5. The van der Waals surface area contributed by atoms with Gasteiger partial charge in [-0.3, -0.25) is 4.79 Å². The van der Waals surface area contributed by atoms with E-state index in [1.807, 2.05) is 0 Å². The summed E-state index contributed by atoms with van der Waals surface area (Å²) in [5.74, 6) is -2.24. The number of aliphatic carboxylic acids is 1. The molecule has 0 unspecified atom stereocenters. The first-order valence-corrected chi connectivity index (χ1v) is 9.51. The summed E-state index contributed by atoms with van der Waals surface area (Å²) in [5.41, 5.74) is 1.68. The van der Waals surface area contributed by atoms with Crippen molar-refractivity contribution in [1.29, 1.82) is 0 Å². The lowest BCUT2D eigenvalue weighted by atomic mass is 9.97. The molecule has 0 amide bonds. The average Bonchev–Trinajstić information content (AvgIpc) is 2.98. The second kappa shape index (κ2) is 5.75. The van der Waals surface area contributed by atoms with E-state index in [0.29, 0.717) is 22.2 Å². The van der Waals surface area contributed by atoms with Gasteiger partial charge in [0, 0.05) is 38.7 Å². The Morgan fingerprint density at radius 3 is 2.48 bits per heavy atom. The average molecular weight is 389 g/mol. The Morgan fingerprint density at radius 2 is 1.78 bits per heavy atom. The molecular weight excluding hydrogens is 376 g/mol. The second-order valence-electron chi connectivity index (χ2n) is 6.32. The Morgan fingerprint density at radius 1 is 1.11 bits per heavy atom. The molecule has 4 rings (SSSR count). The van der Waals surface area contributed by atoms with Gasteiger partial charge in [0.15, 0.2) is 0 Å². The summed E-state index contributed by atoms with van der Waals surface area (Å²) in [4.78, 5) is 11.2. The van der Waals surface area contributed by atoms with Crippen LogP contribution in [0.3, 0.4) is 0 Å². The molecule has 1 N–H and O–H groups in total. The fraction of sp³-hybridized carbons (Fsp3) is 0.105. The first kappa shape index (κ1) is 17.4. The molecule has 1 aliphatic rings. The van der Waals surface area contributed by atoms with E-state index in [4.69, 9.17) is 0 Å². The first-order valence-electron chi connectivity index (χ1n) is 7.96. The highest BCUT2D eigenvalue weighted by molar-refractivity contribution is 7.95. The van der Waals surface area contributed by atoms with Gasteiger partial charge < -0.3 is 9.67 Å². The molecule has 27 heavy (non-hydrogen) atoms. The third-order valence-electron chi connectivity index (χ3n) is 4.66. The van der Waals surface area contributed by atoms with Gasteiger partial charge in [-0.05, 0) is 43.3 Å². The molecule has 1 aliphatic heterocycles. The highest BCUT2D eigenvalue weighted by atomic mass is 32.2. The van der Waals surface area contributed by atoms with Crippen LogP contribution in [0.15, 0.2) is 46.7 Å². The van der Waals surface area contributed by atoms with Crippen LogP contribution in [0.1, 0.15) is 16.8 Å². The van der Waals surface area contributed by atoms with E-state index < -0.39 is 27.4 Å². The fourth-order valence-corrected chi connectivity index (χ4v) is 4.99. The zero-order valence-corrected chi connectivity index (χ0v) is 14.8. The van der Waals surface area contributed by atoms with Crippen LogP contribution in [-0.2, 0) is 21.2 Å². The number of sulfone groups is 1. The summed E-state index contributed by atoms with van der Waals surface area (Å²) in [7, 11) is -3.78. The topological polar surface area (TPSA) is 76.4 Å². The number of hydrogen-bond donors (Lipinski definition) is 1. The number of carboxylic acids is 1. The highest BCUT2D eigenvalue weighted by Gasteiger charge is 2.31. The number of halogens is 2.